The Labute approximate surface area is 108 Å². The average molecular weight is 241 g/mol. The topological polar surface area (TPSA) is 25.5 Å². The fourth-order valence-corrected chi connectivity index (χ4v) is 1.77. The Hall–Kier alpha value is -1.83. The largest absolute Gasteiger partial charge is 0.467 e. The van der Waals surface area contributed by atoms with Crippen LogP contribution in [0, 0.1) is 0 Å². The van der Waals surface area contributed by atoms with Gasteiger partial charge < -0.3 is 4.42 Å². The summed E-state index contributed by atoms with van der Waals surface area (Å²) in [6.07, 6.45) is 3.58. The fourth-order valence-electron chi connectivity index (χ4n) is 1.77. The monoisotopic (exact) mass is 241 g/mol. The highest BCUT2D eigenvalue weighted by atomic mass is 16.3. The fraction of sp³-hybridized carbons (Fsp3) is 0.312. The van der Waals surface area contributed by atoms with Crippen LogP contribution in [0.5, 0.6) is 0 Å². The minimum Gasteiger partial charge on any atom is -0.467 e. The van der Waals surface area contributed by atoms with Gasteiger partial charge >= 0.3 is 0 Å². The summed E-state index contributed by atoms with van der Waals surface area (Å²) in [6.45, 7) is 6.42. The van der Waals surface area contributed by atoms with E-state index >= 15 is 0 Å². The van der Waals surface area contributed by atoms with E-state index < -0.39 is 0 Å². The molecule has 0 N–H and O–H groups in total. The Balaban J connectivity index is 2.05. The lowest BCUT2D eigenvalue weighted by molar-refractivity contribution is 0.481. The first-order chi connectivity index (χ1) is 8.66. The predicted molar refractivity (Wildman–Crippen MR) is 75.2 cm³/mol. The van der Waals surface area contributed by atoms with Crippen molar-refractivity contribution < 1.29 is 4.42 Å². The maximum atomic E-state index is 5.32. The van der Waals surface area contributed by atoms with E-state index in [1.807, 2.05) is 25.3 Å². The molecule has 1 atom stereocenters. The van der Waals surface area contributed by atoms with E-state index in [4.69, 9.17) is 4.42 Å². The highest BCUT2D eigenvalue weighted by Crippen LogP contribution is 2.17. The SMILES string of the molecule is CC(C)c1ccc(C=N[C@@H](C)c2ccco2)cc1. The number of aliphatic imine (C=N–C) groups is 1. The van der Waals surface area contributed by atoms with E-state index in [0.29, 0.717) is 5.92 Å². The summed E-state index contributed by atoms with van der Waals surface area (Å²) < 4.78 is 5.32. The van der Waals surface area contributed by atoms with Crippen molar-refractivity contribution in [2.24, 2.45) is 4.99 Å². The molecule has 94 valence electrons. The molecule has 1 aromatic carbocycles. The van der Waals surface area contributed by atoms with E-state index in [1.165, 1.54) is 5.56 Å². The molecule has 0 radical (unpaired) electrons. The lowest BCUT2D eigenvalue weighted by Crippen LogP contribution is -1.91. The Morgan fingerprint density at radius 1 is 1.06 bits per heavy atom. The van der Waals surface area contributed by atoms with Gasteiger partial charge in [-0.25, -0.2) is 0 Å². The molecule has 0 bridgehead atoms. The number of furan rings is 1. The smallest absolute Gasteiger partial charge is 0.127 e. The highest BCUT2D eigenvalue weighted by molar-refractivity contribution is 5.79. The van der Waals surface area contributed by atoms with E-state index in [2.05, 4.69) is 43.1 Å². The molecule has 0 spiro atoms. The Morgan fingerprint density at radius 2 is 1.78 bits per heavy atom. The van der Waals surface area contributed by atoms with Gasteiger partial charge in [0.15, 0.2) is 0 Å². The number of nitrogens with zero attached hydrogens (tertiary/aromatic N) is 1. The van der Waals surface area contributed by atoms with Gasteiger partial charge in [-0.1, -0.05) is 38.1 Å². The number of hydrogen-bond donors (Lipinski definition) is 0. The number of rotatable bonds is 4. The molecule has 18 heavy (non-hydrogen) atoms. The van der Waals surface area contributed by atoms with Crippen LogP contribution in [-0.2, 0) is 0 Å². The molecule has 1 aromatic heterocycles. The molecular formula is C16H19NO. The molecule has 2 rings (SSSR count). The standard InChI is InChI=1S/C16H19NO/c1-12(2)15-8-6-14(7-9-15)11-17-13(3)16-5-4-10-18-16/h4-13H,1-3H3/t13-/m0/s1. The summed E-state index contributed by atoms with van der Waals surface area (Å²) in [6, 6.07) is 12.4. The van der Waals surface area contributed by atoms with Gasteiger partial charge in [0.05, 0.1) is 6.26 Å². The number of benzene rings is 1. The Morgan fingerprint density at radius 3 is 2.33 bits per heavy atom. The van der Waals surface area contributed by atoms with Crippen molar-refractivity contribution in [1.29, 1.82) is 0 Å². The highest BCUT2D eigenvalue weighted by Gasteiger charge is 2.04. The van der Waals surface area contributed by atoms with Crippen molar-refractivity contribution in [2.45, 2.75) is 32.7 Å². The Bertz CT molecular complexity index is 494. The van der Waals surface area contributed by atoms with Crippen LogP contribution in [0.3, 0.4) is 0 Å². The first-order valence-corrected chi connectivity index (χ1v) is 6.33. The summed E-state index contributed by atoms with van der Waals surface area (Å²) in [4.78, 5) is 4.49. The molecule has 0 unspecified atom stereocenters. The van der Waals surface area contributed by atoms with Gasteiger partial charge in [0, 0.05) is 6.21 Å². The van der Waals surface area contributed by atoms with Crippen LogP contribution in [0.25, 0.3) is 0 Å². The normalized spacial score (nSPS) is 13.3. The van der Waals surface area contributed by atoms with Crippen LogP contribution in [0.2, 0.25) is 0 Å². The molecule has 0 saturated carbocycles. The minimum absolute atomic E-state index is 0.0600. The third-order valence-electron chi connectivity index (χ3n) is 3.01. The van der Waals surface area contributed by atoms with Gasteiger partial charge in [-0.3, -0.25) is 4.99 Å². The van der Waals surface area contributed by atoms with Crippen LogP contribution in [0.1, 0.15) is 49.6 Å². The predicted octanol–water partition coefficient (Wildman–Crippen LogP) is 4.58. The third-order valence-corrected chi connectivity index (χ3v) is 3.01. The molecule has 0 aliphatic carbocycles. The minimum atomic E-state index is 0.0600. The van der Waals surface area contributed by atoms with Crippen molar-refractivity contribution in [3.05, 3.63) is 59.5 Å². The Kier molecular flexibility index (Phi) is 3.98. The molecule has 2 heteroatoms. The average Bonchev–Trinajstić information content (AvgIpc) is 2.90. The van der Waals surface area contributed by atoms with Crippen molar-refractivity contribution in [3.8, 4) is 0 Å². The lowest BCUT2D eigenvalue weighted by atomic mass is 10.0. The van der Waals surface area contributed by atoms with E-state index in [9.17, 15) is 0 Å². The second-order valence-corrected chi connectivity index (χ2v) is 4.79. The third kappa shape index (κ3) is 3.10. The molecule has 0 amide bonds. The van der Waals surface area contributed by atoms with Crippen LogP contribution >= 0.6 is 0 Å². The van der Waals surface area contributed by atoms with Gasteiger partial charge in [-0.05, 0) is 36.1 Å². The van der Waals surface area contributed by atoms with Crippen molar-refractivity contribution in [3.63, 3.8) is 0 Å². The van der Waals surface area contributed by atoms with Gasteiger partial charge in [0.2, 0.25) is 0 Å². The van der Waals surface area contributed by atoms with Crippen molar-refractivity contribution >= 4 is 6.21 Å². The second kappa shape index (κ2) is 5.67. The van der Waals surface area contributed by atoms with Crippen LogP contribution in [0.4, 0.5) is 0 Å². The zero-order valence-electron chi connectivity index (χ0n) is 11.1. The summed E-state index contributed by atoms with van der Waals surface area (Å²) in [7, 11) is 0. The molecule has 0 aliphatic heterocycles. The van der Waals surface area contributed by atoms with E-state index in [-0.39, 0.29) is 6.04 Å². The summed E-state index contributed by atoms with van der Waals surface area (Å²) >= 11 is 0. The van der Waals surface area contributed by atoms with Gasteiger partial charge in [-0.15, -0.1) is 0 Å². The van der Waals surface area contributed by atoms with Crippen molar-refractivity contribution in [2.75, 3.05) is 0 Å². The van der Waals surface area contributed by atoms with Gasteiger partial charge in [0.25, 0.3) is 0 Å². The first kappa shape index (κ1) is 12.6. The van der Waals surface area contributed by atoms with Crippen LogP contribution in [-0.4, -0.2) is 6.21 Å². The zero-order chi connectivity index (χ0) is 13.0. The molecule has 2 aromatic rings. The summed E-state index contributed by atoms with van der Waals surface area (Å²) in [5.41, 5.74) is 2.48. The van der Waals surface area contributed by atoms with Gasteiger partial charge in [0.1, 0.15) is 11.8 Å². The van der Waals surface area contributed by atoms with Crippen LogP contribution < -0.4 is 0 Å². The molecule has 0 aliphatic rings. The molecular weight excluding hydrogens is 222 g/mol. The number of hydrogen-bond acceptors (Lipinski definition) is 2. The van der Waals surface area contributed by atoms with E-state index in [1.54, 1.807) is 6.26 Å². The quantitative estimate of drug-likeness (QED) is 0.719. The molecule has 0 saturated heterocycles. The maximum absolute atomic E-state index is 5.32. The summed E-state index contributed by atoms with van der Waals surface area (Å²) in [5, 5.41) is 0. The molecule has 0 fully saturated rings. The lowest BCUT2D eigenvalue weighted by Gasteiger charge is -2.05. The first-order valence-electron chi connectivity index (χ1n) is 6.33. The molecule has 2 nitrogen and oxygen atoms in total. The van der Waals surface area contributed by atoms with Gasteiger partial charge in [-0.2, -0.15) is 0 Å². The van der Waals surface area contributed by atoms with Crippen LogP contribution in [0.15, 0.2) is 52.1 Å². The maximum Gasteiger partial charge on any atom is 0.127 e. The zero-order valence-corrected chi connectivity index (χ0v) is 11.1. The van der Waals surface area contributed by atoms with E-state index in [0.717, 1.165) is 11.3 Å². The second-order valence-electron chi connectivity index (χ2n) is 4.79. The molecule has 1 heterocycles. The summed E-state index contributed by atoms with van der Waals surface area (Å²) in [5.74, 6) is 1.46. The van der Waals surface area contributed by atoms with Crippen molar-refractivity contribution in [1.82, 2.24) is 0 Å².